The van der Waals surface area contributed by atoms with Crippen molar-refractivity contribution in [3.63, 3.8) is 0 Å². The summed E-state index contributed by atoms with van der Waals surface area (Å²) in [5, 5.41) is 12.4. The number of benzene rings is 2. The first-order chi connectivity index (χ1) is 8.29. The Hall–Kier alpha value is -1.07. The molecule has 0 heterocycles. The van der Waals surface area contributed by atoms with Crippen molar-refractivity contribution < 1.29 is 5.11 Å². The quantitative estimate of drug-likeness (QED) is 0.837. The van der Waals surface area contributed by atoms with E-state index in [1.807, 2.05) is 36.4 Å². The van der Waals surface area contributed by atoms with Crippen LogP contribution in [0.4, 0.5) is 5.69 Å². The summed E-state index contributed by atoms with van der Waals surface area (Å²) in [7, 11) is 0. The third kappa shape index (κ3) is 3.44. The smallest absolute Gasteiger partial charge is 0.0681 e. The summed E-state index contributed by atoms with van der Waals surface area (Å²) in [4.78, 5) is 0. The van der Waals surface area contributed by atoms with Gasteiger partial charge in [0.1, 0.15) is 0 Å². The van der Waals surface area contributed by atoms with Crippen LogP contribution >= 0.6 is 22.6 Å². The van der Waals surface area contributed by atoms with Crippen molar-refractivity contribution in [2.45, 2.75) is 13.2 Å². The molecular formula is C14H14INO. The minimum absolute atomic E-state index is 0.101. The molecule has 2 aromatic carbocycles. The Labute approximate surface area is 115 Å². The van der Waals surface area contributed by atoms with Gasteiger partial charge in [0.15, 0.2) is 0 Å². The van der Waals surface area contributed by atoms with Gasteiger partial charge in [-0.2, -0.15) is 0 Å². The molecule has 0 amide bonds. The molecule has 0 saturated heterocycles. The van der Waals surface area contributed by atoms with Crippen LogP contribution in [-0.4, -0.2) is 5.11 Å². The highest BCUT2D eigenvalue weighted by Crippen LogP contribution is 2.17. The largest absolute Gasteiger partial charge is 0.392 e. The highest BCUT2D eigenvalue weighted by Gasteiger charge is 1.98. The summed E-state index contributed by atoms with van der Waals surface area (Å²) in [6.07, 6.45) is 0. The summed E-state index contributed by atoms with van der Waals surface area (Å²) in [5.41, 5.74) is 3.31. The van der Waals surface area contributed by atoms with Crippen LogP contribution < -0.4 is 5.32 Å². The van der Waals surface area contributed by atoms with Gasteiger partial charge in [-0.15, -0.1) is 0 Å². The minimum atomic E-state index is 0.101. The fourth-order valence-corrected chi connectivity index (χ4v) is 2.14. The molecule has 0 unspecified atom stereocenters. The van der Waals surface area contributed by atoms with E-state index < -0.39 is 0 Å². The summed E-state index contributed by atoms with van der Waals surface area (Å²) < 4.78 is 1.22. The van der Waals surface area contributed by atoms with Crippen molar-refractivity contribution in [2.24, 2.45) is 0 Å². The normalized spacial score (nSPS) is 10.2. The molecule has 88 valence electrons. The summed E-state index contributed by atoms with van der Waals surface area (Å²) in [5.74, 6) is 0. The number of nitrogens with one attached hydrogen (secondary N) is 1. The number of hydrogen-bond acceptors (Lipinski definition) is 2. The van der Waals surface area contributed by atoms with Crippen molar-refractivity contribution >= 4 is 28.3 Å². The van der Waals surface area contributed by atoms with Gasteiger partial charge < -0.3 is 10.4 Å². The molecule has 2 aromatic rings. The van der Waals surface area contributed by atoms with E-state index in [0.29, 0.717) is 0 Å². The minimum Gasteiger partial charge on any atom is -0.392 e. The molecule has 0 fully saturated rings. The monoisotopic (exact) mass is 339 g/mol. The molecule has 2 rings (SSSR count). The molecule has 0 aliphatic rings. The van der Waals surface area contributed by atoms with E-state index in [4.69, 9.17) is 5.11 Å². The van der Waals surface area contributed by atoms with Crippen LogP contribution in [0.1, 0.15) is 11.1 Å². The molecule has 17 heavy (non-hydrogen) atoms. The van der Waals surface area contributed by atoms with Crippen molar-refractivity contribution in [2.75, 3.05) is 5.32 Å². The van der Waals surface area contributed by atoms with E-state index in [9.17, 15) is 0 Å². The SMILES string of the molecule is OCc1ccc(CNc2ccccc2I)cc1. The Balaban J connectivity index is 2.00. The lowest BCUT2D eigenvalue weighted by Gasteiger charge is -2.08. The number of aliphatic hydroxyl groups excluding tert-OH is 1. The van der Waals surface area contributed by atoms with Gasteiger partial charge in [0, 0.05) is 15.8 Å². The van der Waals surface area contributed by atoms with Crippen molar-refractivity contribution in [3.8, 4) is 0 Å². The average molecular weight is 339 g/mol. The van der Waals surface area contributed by atoms with Gasteiger partial charge in [0.25, 0.3) is 0 Å². The number of aliphatic hydroxyl groups is 1. The molecule has 0 aliphatic carbocycles. The standard InChI is InChI=1S/C14H14INO/c15-13-3-1-2-4-14(13)16-9-11-5-7-12(10-17)8-6-11/h1-8,16-17H,9-10H2. The Morgan fingerprint density at radius 1 is 0.941 bits per heavy atom. The Bertz CT molecular complexity index is 482. The number of halogens is 1. The van der Waals surface area contributed by atoms with Crippen LogP contribution in [0.2, 0.25) is 0 Å². The van der Waals surface area contributed by atoms with Crippen LogP contribution in [-0.2, 0) is 13.2 Å². The Kier molecular flexibility index (Phi) is 4.39. The van der Waals surface area contributed by atoms with E-state index in [2.05, 4.69) is 40.0 Å². The third-order valence-corrected chi connectivity index (χ3v) is 3.50. The topological polar surface area (TPSA) is 32.3 Å². The van der Waals surface area contributed by atoms with E-state index in [1.165, 1.54) is 9.13 Å². The van der Waals surface area contributed by atoms with E-state index in [-0.39, 0.29) is 6.61 Å². The van der Waals surface area contributed by atoms with Crippen molar-refractivity contribution in [1.82, 2.24) is 0 Å². The maximum Gasteiger partial charge on any atom is 0.0681 e. The lowest BCUT2D eigenvalue weighted by atomic mass is 10.1. The number of hydrogen-bond donors (Lipinski definition) is 2. The molecule has 3 heteroatoms. The molecule has 0 radical (unpaired) electrons. The van der Waals surface area contributed by atoms with Crippen LogP contribution in [0.15, 0.2) is 48.5 Å². The van der Waals surface area contributed by atoms with Gasteiger partial charge in [-0.25, -0.2) is 0 Å². The first-order valence-electron chi connectivity index (χ1n) is 5.46. The van der Waals surface area contributed by atoms with E-state index in [0.717, 1.165) is 17.8 Å². The maximum atomic E-state index is 8.96. The predicted molar refractivity (Wildman–Crippen MR) is 78.9 cm³/mol. The third-order valence-electron chi connectivity index (χ3n) is 2.56. The Morgan fingerprint density at radius 3 is 2.24 bits per heavy atom. The molecule has 0 aromatic heterocycles. The molecule has 0 atom stereocenters. The van der Waals surface area contributed by atoms with Crippen LogP contribution in [0.5, 0.6) is 0 Å². The number of para-hydroxylation sites is 1. The highest BCUT2D eigenvalue weighted by atomic mass is 127. The van der Waals surface area contributed by atoms with Gasteiger partial charge in [-0.05, 0) is 45.9 Å². The molecule has 2 nitrogen and oxygen atoms in total. The van der Waals surface area contributed by atoms with Crippen LogP contribution in [0.25, 0.3) is 0 Å². The van der Waals surface area contributed by atoms with Gasteiger partial charge in [0.05, 0.1) is 6.61 Å². The summed E-state index contributed by atoms with van der Waals surface area (Å²) in [6, 6.07) is 16.2. The molecule has 0 aliphatic heterocycles. The van der Waals surface area contributed by atoms with Crippen LogP contribution in [0, 0.1) is 3.57 Å². The second kappa shape index (κ2) is 6.02. The predicted octanol–water partition coefficient (Wildman–Crippen LogP) is 3.40. The first-order valence-corrected chi connectivity index (χ1v) is 6.54. The zero-order chi connectivity index (χ0) is 12.1. The maximum absolute atomic E-state index is 8.96. The highest BCUT2D eigenvalue weighted by molar-refractivity contribution is 14.1. The van der Waals surface area contributed by atoms with Gasteiger partial charge in [0.2, 0.25) is 0 Å². The number of rotatable bonds is 4. The average Bonchev–Trinajstić information content (AvgIpc) is 2.38. The van der Waals surface area contributed by atoms with Gasteiger partial charge >= 0.3 is 0 Å². The van der Waals surface area contributed by atoms with E-state index >= 15 is 0 Å². The second-order valence-corrected chi connectivity index (χ2v) is 4.97. The van der Waals surface area contributed by atoms with Crippen LogP contribution in [0.3, 0.4) is 0 Å². The fourth-order valence-electron chi connectivity index (χ4n) is 1.56. The summed E-state index contributed by atoms with van der Waals surface area (Å²) in [6.45, 7) is 0.899. The van der Waals surface area contributed by atoms with E-state index in [1.54, 1.807) is 0 Å². The molecule has 2 N–H and O–H groups in total. The zero-order valence-corrected chi connectivity index (χ0v) is 11.5. The molecular weight excluding hydrogens is 325 g/mol. The lowest BCUT2D eigenvalue weighted by Crippen LogP contribution is -2.00. The molecule has 0 bridgehead atoms. The lowest BCUT2D eigenvalue weighted by molar-refractivity contribution is 0.282. The summed E-state index contributed by atoms with van der Waals surface area (Å²) >= 11 is 2.32. The first kappa shape index (κ1) is 12.4. The van der Waals surface area contributed by atoms with Gasteiger partial charge in [-0.1, -0.05) is 36.4 Å². The second-order valence-electron chi connectivity index (χ2n) is 3.81. The van der Waals surface area contributed by atoms with Crippen molar-refractivity contribution in [1.29, 1.82) is 0 Å². The fraction of sp³-hybridized carbons (Fsp3) is 0.143. The Morgan fingerprint density at radius 2 is 1.59 bits per heavy atom. The number of anilines is 1. The van der Waals surface area contributed by atoms with Crippen molar-refractivity contribution in [3.05, 3.63) is 63.2 Å². The molecule has 0 spiro atoms. The zero-order valence-electron chi connectivity index (χ0n) is 9.36. The molecule has 0 saturated carbocycles. The van der Waals surface area contributed by atoms with Gasteiger partial charge in [-0.3, -0.25) is 0 Å².